The normalized spacial score (nSPS) is 10.9. The summed E-state index contributed by atoms with van der Waals surface area (Å²) in [7, 11) is 0. The Balaban J connectivity index is 1.35. The highest BCUT2D eigenvalue weighted by atomic mass is 32.2. The molecule has 2 heterocycles. The van der Waals surface area contributed by atoms with E-state index in [1.54, 1.807) is 16.7 Å². The summed E-state index contributed by atoms with van der Waals surface area (Å²) in [4.78, 5) is 30.8. The lowest BCUT2D eigenvalue weighted by Crippen LogP contribution is -2.25. The molecular weight excluding hydrogens is 641 g/mol. The lowest BCUT2D eigenvalue weighted by molar-refractivity contribution is -0.113. The highest BCUT2D eigenvalue weighted by Crippen LogP contribution is 2.39. The maximum Gasteiger partial charge on any atom is 0.251 e. The molecule has 3 aromatic carbocycles. The number of amides is 2. The second kappa shape index (κ2) is 16.1. The molecule has 5 aromatic rings. The van der Waals surface area contributed by atoms with Crippen molar-refractivity contribution >= 4 is 50.3 Å². The Morgan fingerprint density at radius 2 is 1.53 bits per heavy atom. The number of hydrogen-bond donors (Lipinski definition) is 2. The van der Waals surface area contributed by atoms with Gasteiger partial charge >= 0.3 is 0 Å². The van der Waals surface area contributed by atoms with Crippen molar-refractivity contribution in [3.8, 4) is 28.7 Å². The van der Waals surface area contributed by atoms with Gasteiger partial charge in [-0.1, -0.05) is 35.2 Å². The van der Waals surface area contributed by atoms with Gasteiger partial charge in [-0.25, -0.2) is 4.98 Å². The largest absolute Gasteiger partial charge is 0.494 e. The summed E-state index contributed by atoms with van der Waals surface area (Å²) < 4.78 is 25.7. The van der Waals surface area contributed by atoms with E-state index < -0.39 is 0 Å². The number of carbonyl (C=O) groups is 2. The molecule has 0 bridgehead atoms. The van der Waals surface area contributed by atoms with Crippen molar-refractivity contribution in [1.29, 1.82) is 0 Å². The molecule has 0 saturated heterocycles. The first-order valence-corrected chi connectivity index (χ1v) is 17.0. The molecule has 0 atom stereocenters. The number of fused-ring (bicyclic) bond motifs is 1. The van der Waals surface area contributed by atoms with Gasteiger partial charge in [0, 0.05) is 11.3 Å². The highest BCUT2D eigenvalue weighted by molar-refractivity contribution is 7.99. The molecule has 0 aliphatic heterocycles. The maximum atomic E-state index is 13.4. The van der Waals surface area contributed by atoms with Crippen molar-refractivity contribution in [1.82, 2.24) is 25.1 Å². The SMILES string of the molecule is CCOc1ccc(-n2c(CNC(=O)c3cc(OCC)c(OCC)c(OCC)c3)nnc2SCC(=O)Nc2nc3ccccc3s2)cc1. The fraction of sp³-hybridized carbons (Fsp3) is 0.303. The molecule has 0 saturated carbocycles. The van der Waals surface area contributed by atoms with E-state index in [1.165, 1.54) is 23.1 Å². The van der Waals surface area contributed by atoms with Gasteiger partial charge in [-0.3, -0.25) is 14.2 Å². The quantitative estimate of drug-likeness (QED) is 0.117. The number of benzene rings is 3. The lowest BCUT2D eigenvalue weighted by atomic mass is 10.1. The molecule has 0 fully saturated rings. The Kier molecular flexibility index (Phi) is 11.5. The number of carbonyl (C=O) groups excluding carboxylic acids is 2. The molecule has 0 radical (unpaired) electrons. The monoisotopic (exact) mass is 676 g/mol. The van der Waals surface area contributed by atoms with Crippen LogP contribution in [0.4, 0.5) is 5.13 Å². The highest BCUT2D eigenvalue weighted by Gasteiger charge is 2.21. The van der Waals surface area contributed by atoms with Gasteiger partial charge in [0.05, 0.1) is 48.9 Å². The Bertz CT molecular complexity index is 1760. The molecule has 0 spiro atoms. The van der Waals surface area contributed by atoms with Crippen molar-refractivity contribution in [3.63, 3.8) is 0 Å². The van der Waals surface area contributed by atoms with Crippen LogP contribution < -0.4 is 29.6 Å². The van der Waals surface area contributed by atoms with Crippen LogP contribution in [0.3, 0.4) is 0 Å². The van der Waals surface area contributed by atoms with E-state index in [4.69, 9.17) is 18.9 Å². The van der Waals surface area contributed by atoms with Gasteiger partial charge in [0.1, 0.15) is 5.75 Å². The van der Waals surface area contributed by atoms with Crippen molar-refractivity contribution in [2.75, 3.05) is 37.5 Å². The Morgan fingerprint density at radius 1 is 0.851 bits per heavy atom. The van der Waals surface area contributed by atoms with E-state index in [9.17, 15) is 9.59 Å². The first-order chi connectivity index (χ1) is 22.9. The molecule has 2 aromatic heterocycles. The van der Waals surface area contributed by atoms with Crippen molar-refractivity contribution in [2.45, 2.75) is 39.4 Å². The van der Waals surface area contributed by atoms with Gasteiger partial charge in [-0.05, 0) is 76.2 Å². The minimum atomic E-state index is -0.361. The predicted molar refractivity (Wildman–Crippen MR) is 183 cm³/mol. The fourth-order valence-electron chi connectivity index (χ4n) is 4.62. The lowest BCUT2D eigenvalue weighted by Gasteiger charge is -2.17. The molecule has 0 aliphatic rings. The first kappa shape index (κ1) is 33.5. The summed E-state index contributed by atoms with van der Waals surface area (Å²) in [6.07, 6.45) is 0. The minimum absolute atomic E-state index is 0.0542. The molecule has 2 amide bonds. The summed E-state index contributed by atoms with van der Waals surface area (Å²) in [5.41, 5.74) is 1.92. The van der Waals surface area contributed by atoms with Crippen LogP contribution in [0.25, 0.3) is 15.9 Å². The fourth-order valence-corrected chi connectivity index (χ4v) is 6.27. The summed E-state index contributed by atoms with van der Waals surface area (Å²) in [5, 5.41) is 15.6. The number of nitrogens with one attached hydrogen (secondary N) is 2. The zero-order valence-corrected chi connectivity index (χ0v) is 28.2. The second-order valence-corrected chi connectivity index (χ2v) is 11.7. The molecule has 246 valence electrons. The number of rotatable bonds is 16. The maximum absolute atomic E-state index is 13.4. The third kappa shape index (κ3) is 8.32. The minimum Gasteiger partial charge on any atom is -0.494 e. The van der Waals surface area contributed by atoms with Crippen LogP contribution >= 0.6 is 23.1 Å². The average Bonchev–Trinajstić information content (AvgIpc) is 3.68. The first-order valence-electron chi connectivity index (χ1n) is 15.2. The number of para-hydroxylation sites is 1. The number of ether oxygens (including phenoxy) is 4. The van der Waals surface area contributed by atoms with Crippen LogP contribution in [0, 0.1) is 0 Å². The van der Waals surface area contributed by atoms with Gasteiger partial charge in [-0.15, -0.1) is 10.2 Å². The van der Waals surface area contributed by atoms with Crippen LogP contribution in [0.15, 0.2) is 65.8 Å². The van der Waals surface area contributed by atoms with Crippen LogP contribution in [-0.4, -0.2) is 63.7 Å². The average molecular weight is 677 g/mol. The number of hydrogen-bond acceptors (Lipinski definition) is 11. The Morgan fingerprint density at radius 3 is 2.19 bits per heavy atom. The van der Waals surface area contributed by atoms with Gasteiger partial charge in [-0.2, -0.15) is 0 Å². The van der Waals surface area contributed by atoms with Crippen molar-refractivity contribution in [2.24, 2.45) is 0 Å². The van der Waals surface area contributed by atoms with Gasteiger partial charge in [0.2, 0.25) is 11.7 Å². The van der Waals surface area contributed by atoms with Crippen molar-refractivity contribution < 1.29 is 28.5 Å². The third-order valence-corrected chi connectivity index (χ3v) is 8.44. The standard InChI is InChI=1S/C33H36N6O6S2/c1-5-42-23-15-13-22(14-16-23)39-28(19-34-31(41)21-17-25(43-6-2)30(45-8-4)26(18-21)44-7-3)37-38-33(39)46-20-29(40)36-32-35-24-11-9-10-12-27(24)47-32/h9-18H,5-8,19-20H2,1-4H3,(H,34,41)(H,35,36,40). The van der Waals surface area contributed by atoms with Crippen molar-refractivity contribution in [3.05, 3.63) is 72.1 Å². The molecule has 5 rings (SSSR count). The van der Waals surface area contributed by atoms with E-state index in [0.29, 0.717) is 71.1 Å². The number of nitrogens with zero attached hydrogens (tertiary/aromatic N) is 4. The van der Waals surface area contributed by atoms with Crippen LogP contribution in [0.2, 0.25) is 0 Å². The number of thiazole rings is 1. The molecule has 0 unspecified atom stereocenters. The van der Waals surface area contributed by atoms with E-state index >= 15 is 0 Å². The number of thioether (sulfide) groups is 1. The van der Waals surface area contributed by atoms with Gasteiger partial charge < -0.3 is 29.6 Å². The molecule has 2 N–H and O–H groups in total. The van der Waals surface area contributed by atoms with E-state index in [2.05, 4.69) is 25.8 Å². The number of aromatic nitrogens is 4. The molecule has 12 nitrogen and oxygen atoms in total. The van der Waals surface area contributed by atoms with Gasteiger partial charge in [0.15, 0.2) is 27.6 Å². The smallest absolute Gasteiger partial charge is 0.251 e. The summed E-state index contributed by atoms with van der Waals surface area (Å²) in [6, 6.07) is 18.4. The van der Waals surface area contributed by atoms with Crippen LogP contribution in [0.1, 0.15) is 43.9 Å². The Hall–Kier alpha value is -4.82. The molecule has 14 heteroatoms. The van der Waals surface area contributed by atoms with Crippen LogP contribution in [-0.2, 0) is 11.3 Å². The molecule has 0 aliphatic carbocycles. The summed E-state index contributed by atoms with van der Waals surface area (Å²) >= 11 is 2.64. The summed E-state index contributed by atoms with van der Waals surface area (Å²) in [6.45, 7) is 9.29. The zero-order valence-electron chi connectivity index (χ0n) is 26.6. The van der Waals surface area contributed by atoms with E-state index in [-0.39, 0.29) is 24.1 Å². The zero-order chi connectivity index (χ0) is 33.2. The number of anilines is 1. The van der Waals surface area contributed by atoms with E-state index in [0.717, 1.165) is 15.9 Å². The van der Waals surface area contributed by atoms with Gasteiger partial charge in [0.25, 0.3) is 5.91 Å². The predicted octanol–water partition coefficient (Wildman–Crippen LogP) is 6.13. The molecule has 47 heavy (non-hydrogen) atoms. The summed E-state index contributed by atoms with van der Waals surface area (Å²) in [5.74, 6) is 1.97. The van der Waals surface area contributed by atoms with Crippen LogP contribution in [0.5, 0.6) is 23.0 Å². The molecular formula is C33H36N6O6S2. The van der Waals surface area contributed by atoms with E-state index in [1.807, 2.05) is 76.2 Å². The second-order valence-electron chi connectivity index (χ2n) is 9.77. The Labute approximate surface area is 280 Å². The third-order valence-electron chi connectivity index (χ3n) is 6.56. The topological polar surface area (TPSA) is 139 Å².